The van der Waals surface area contributed by atoms with Crippen molar-refractivity contribution in [2.24, 2.45) is 11.3 Å². The molecule has 4 atom stereocenters. The molecule has 0 radical (unpaired) electrons. The van der Waals surface area contributed by atoms with E-state index in [2.05, 4.69) is 20.4 Å². The number of phenolic OH excluding ortho intramolecular Hbond substituents is 2. The summed E-state index contributed by atoms with van der Waals surface area (Å²) in [7, 11) is 0. The predicted molar refractivity (Wildman–Crippen MR) is 87.2 cm³/mol. The van der Waals surface area contributed by atoms with E-state index >= 15 is 0 Å². The molecule has 0 spiro atoms. The third-order valence-corrected chi connectivity index (χ3v) is 6.36. The first kappa shape index (κ1) is 15.4. The lowest BCUT2D eigenvalue weighted by molar-refractivity contribution is -0.00695. The second-order valence-corrected chi connectivity index (χ2v) is 7.75. The van der Waals surface area contributed by atoms with Crippen molar-refractivity contribution in [3.05, 3.63) is 35.4 Å². The maximum absolute atomic E-state index is 10.8. The van der Waals surface area contributed by atoms with E-state index in [9.17, 15) is 15.3 Å². The van der Waals surface area contributed by atoms with E-state index in [0.29, 0.717) is 12.0 Å². The number of fused-ring (bicyclic) bond motifs is 3. The van der Waals surface area contributed by atoms with Crippen molar-refractivity contribution in [3.63, 3.8) is 0 Å². The van der Waals surface area contributed by atoms with E-state index in [1.54, 1.807) is 6.07 Å². The van der Waals surface area contributed by atoms with E-state index in [-0.39, 0.29) is 28.2 Å². The molecule has 22 heavy (non-hydrogen) atoms. The van der Waals surface area contributed by atoms with Crippen LogP contribution >= 0.6 is 0 Å². The Morgan fingerprint density at radius 1 is 1.27 bits per heavy atom. The highest BCUT2D eigenvalue weighted by Crippen LogP contribution is 2.56. The lowest BCUT2D eigenvalue weighted by atomic mass is 9.52. The topological polar surface area (TPSA) is 60.7 Å². The van der Waals surface area contributed by atoms with Crippen molar-refractivity contribution in [3.8, 4) is 11.5 Å². The van der Waals surface area contributed by atoms with E-state index in [0.717, 1.165) is 30.4 Å². The van der Waals surface area contributed by atoms with Gasteiger partial charge in [0, 0.05) is 0 Å². The number of aliphatic hydroxyl groups excluding tert-OH is 1. The lowest BCUT2D eigenvalue weighted by Crippen LogP contribution is -2.50. The molecule has 0 amide bonds. The quantitative estimate of drug-likeness (QED) is 0.549. The van der Waals surface area contributed by atoms with Crippen LogP contribution in [-0.4, -0.2) is 21.4 Å². The molecule has 1 fully saturated rings. The maximum Gasteiger partial charge on any atom is 0.160 e. The Kier molecular flexibility index (Phi) is 3.33. The first-order valence-electron chi connectivity index (χ1n) is 8.08. The van der Waals surface area contributed by atoms with Crippen molar-refractivity contribution < 1.29 is 15.3 Å². The van der Waals surface area contributed by atoms with Gasteiger partial charge in [-0.3, -0.25) is 0 Å². The second kappa shape index (κ2) is 4.76. The van der Waals surface area contributed by atoms with Crippen LogP contribution in [0.2, 0.25) is 0 Å². The predicted octanol–water partition coefficient (Wildman–Crippen LogP) is 3.57. The average Bonchev–Trinajstić information content (AvgIpc) is 2.49. The fourth-order valence-corrected chi connectivity index (χ4v) is 4.59. The van der Waals surface area contributed by atoms with Gasteiger partial charge in [0.15, 0.2) is 11.5 Å². The lowest BCUT2D eigenvalue weighted by Gasteiger charge is -2.53. The van der Waals surface area contributed by atoms with Gasteiger partial charge in [-0.15, -0.1) is 6.58 Å². The Balaban J connectivity index is 2.15. The summed E-state index contributed by atoms with van der Waals surface area (Å²) in [6.07, 6.45) is 5.04. The monoisotopic (exact) mass is 302 g/mol. The van der Waals surface area contributed by atoms with Gasteiger partial charge < -0.3 is 15.3 Å². The van der Waals surface area contributed by atoms with Crippen LogP contribution in [0.1, 0.15) is 49.8 Å². The zero-order chi connectivity index (χ0) is 16.3. The first-order valence-corrected chi connectivity index (χ1v) is 8.08. The number of phenols is 2. The van der Waals surface area contributed by atoms with Gasteiger partial charge in [-0.2, -0.15) is 0 Å². The highest BCUT2D eigenvalue weighted by atomic mass is 16.3. The standard InChI is InChI=1S/C19H26O3/c1-5-18(3)6-7-19(4)13-9-16(21)17(22)11(2)12(13)8-15(20)14(19)10-18/h5,9,14-15,20-22H,1,6-8,10H2,2-4H3/t14-,15-,18+,19-/m0/s1. The van der Waals surface area contributed by atoms with Crippen molar-refractivity contribution in [2.75, 3.05) is 0 Å². The number of aromatic hydroxyl groups is 2. The smallest absolute Gasteiger partial charge is 0.160 e. The van der Waals surface area contributed by atoms with Crippen LogP contribution in [0.4, 0.5) is 0 Å². The molecular formula is C19H26O3. The number of aliphatic hydroxyl groups is 1. The molecule has 3 N–H and O–H groups in total. The summed E-state index contributed by atoms with van der Waals surface area (Å²) in [5, 5.41) is 30.8. The SMILES string of the molecule is C=C[C@]1(C)CC[C@@]2(C)c3cc(O)c(O)c(C)c3C[C@H](O)[C@@H]2C1. The summed E-state index contributed by atoms with van der Waals surface area (Å²) in [5.41, 5.74) is 2.71. The summed E-state index contributed by atoms with van der Waals surface area (Å²) in [4.78, 5) is 0. The van der Waals surface area contributed by atoms with Crippen molar-refractivity contribution in [1.82, 2.24) is 0 Å². The zero-order valence-corrected chi connectivity index (χ0v) is 13.7. The van der Waals surface area contributed by atoms with E-state index in [1.807, 2.05) is 13.0 Å². The normalized spacial score (nSPS) is 37.3. The van der Waals surface area contributed by atoms with Crippen LogP contribution in [-0.2, 0) is 11.8 Å². The molecule has 0 unspecified atom stereocenters. The minimum absolute atomic E-state index is 0.0512. The minimum Gasteiger partial charge on any atom is -0.504 e. The van der Waals surface area contributed by atoms with Crippen LogP contribution in [0.5, 0.6) is 11.5 Å². The molecule has 1 aromatic rings. The van der Waals surface area contributed by atoms with E-state index < -0.39 is 6.10 Å². The number of benzene rings is 1. The van der Waals surface area contributed by atoms with Gasteiger partial charge in [0.05, 0.1) is 6.10 Å². The molecule has 3 nitrogen and oxygen atoms in total. The van der Waals surface area contributed by atoms with Crippen LogP contribution in [0.3, 0.4) is 0 Å². The van der Waals surface area contributed by atoms with E-state index in [1.165, 1.54) is 0 Å². The maximum atomic E-state index is 10.8. The minimum atomic E-state index is -0.417. The number of hydrogen-bond donors (Lipinski definition) is 3. The second-order valence-electron chi connectivity index (χ2n) is 7.75. The van der Waals surface area contributed by atoms with Crippen LogP contribution in [0.15, 0.2) is 18.7 Å². The molecule has 2 aliphatic carbocycles. The average molecular weight is 302 g/mol. The van der Waals surface area contributed by atoms with Crippen LogP contribution in [0.25, 0.3) is 0 Å². The molecule has 120 valence electrons. The summed E-state index contributed by atoms with van der Waals surface area (Å²) in [6.45, 7) is 10.2. The molecule has 2 aliphatic rings. The molecule has 0 aromatic heterocycles. The highest BCUT2D eigenvalue weighted by molar-refractivity contribution is 5.56. The number of hydrogen-bond acceptors (Lipinski definition) is 3. The van der Waals surface area contributed by atoms with Crippen molar-refractivity contribution >= 4 is 0 Å². The zero-order valence-electron chi connectivity index (χ0n) is 13.7. The van der Waals surface area contributed by atoms with Gasteiger partial charge in [-0.25, -0.2) is 0 Å². The Labute approximate surface area is 132 Å². The summed E-state index contributed by atoms with van der Waals surface area (Å²) < 4.78 is 0. The molecule has 0 heterocycles. The fraction of sp³-hybridized carbons (Fsp3) is 0.579. The molecule has 1 saturated carbocycles. The van der Waals surface area contributed by atoms with Gasteiger partial charge in [0.1, 0.15) is 0 Å². The first-order chi connectivity index (χ1) is 10.2. The summed E-state index contributed by atoms with van der Waals surface area (Å²) in [6, 6.07) is 1.72. The van der Waals surface area contributed by atoms with Gasteiger partial charge in [-0.05, 0) is 72.1 Å². The largest absolute Gasteiger partial charge is 0.504 e. The molecule has 0 bridgehead atoms. The molecular weight excluding hydrogens is 276 g/mol. The molecule has 0 saturated heterocycles. The Morgan fingerprint density at radius 3 is 2.59 bits per heavy atom. The van der Waals surface area contributed by atoms with Gasteiger partial charge >= 0.3 is 0 Å². The molecule has 3 heteroatoms. The van der Waals surface area contributed by atoms with Crippen LogP contribution < -0.4 is 0 Å². The van der Waals surface area contributed by atoms with Gasteiger partial charge in [0.2, 0.25) is 0 Å². The Morgan fingerprint density at radius 2 is 1.95 bits per heavy atom. The Bertz CT molecular complexity index is 636. The molecule has 3 rings (SSSR count). The van der Waals surface area contributed by atoms with Gasteiger partial charge in [0.25, 0.3) is 0 Å². The summed E-state index contributed by atoms with van der Waals surface area (Å²) >= 11 is 0. The Hall–Kier alpha value is -1.48. The third kappa shape index (κ3) is 1.98. The fourth-order valence-electron chi connectivity index (χ4n) is 4.59. The van der Waals surface area contributed by atoms with Crippen LogP contribution in [0, 0.1) is 18.3 Å². The summed E-state index contributed by atoms with van der Waals surface area (Å²) in [5.74, 6) is 0.0458. The third-order valence-electron chi connectivity index (χ3n) is 6.36. The number of allylic oxidation sites excluding steroid dienone is 1. The van der Waals surface area contributed by atoms with Crippen molar-refractivity contribution in [1.29, 1.82) is 0 Å². The number of rotatable bonds is 1. The molecule has 0 aliphatic heterocycles. The van der Waals surface area contributed by atoms with Gasteiger partial charge in [-0.1, -0.05) is 19.9 Å². The highest BCUT2D eigenvalue weighted by Gasteiger charge is 2.51. The van der Waals surface area contributed by atoms with Crippen molar-refractivity contribution in [2.45, 2.75) is 58.0 Å². The van der Waals surface area contributed by atoms with E-state index in [4.69, 9.17) is 0 Å². The molecule has 1 aromatic carbocycles.